The molecule has 0 saturated carbocycles. The molecular weight excluding hydrogens is 365 g/mol. The Morgan fingerprint density at radius 2 is 1.67 bits per heavy atom. The summed E-state index contributed by atoms with van der Waals surface area (Å²) in [5, 5.41) is 9.61. The van der Waals surface area contributed by atoms with Crippen molar-refractivity contribution in [1.82, 2.24) is 9.21 Å². The van der Waals surface area contributed by atoms with Crippen LogP contribution in [0.5, 0.6) is 0 Å². The molecule has 1 unspecified atom stereocenters. The molecule has 0 N–H and O–H groups in total. The number of aryl methyl sites for hydroxylation is 2. The zero-order chi connectivity index (χ0) is 19.6. The first kappa shape index (κ1) is 19.5. The number of rotatable bonds is 4. The number of nitriles is 1. The first-order valence-corrected chi connectivity index (χ1v) is 10.2. The largest absolute Gasteiger partial charge is 0.282 e. The molecule has 5 nitrogen and oxygen atoms in total. The molecule has 0 bridgehead atoms. The molecule has 2 aromatic rings. The SMILES string of the molecule is Cc1ccc(C(C#N)N2CCN(S(=O)(=O)c3ccc(F)cc3C)CC2)cc1. The van der Waals surface area contributed by atoms with E-state index < -0.39 is 21.9 Å². The first-order valence-electron chi connectivity index (χ1n) is 8.79. The number of halogens is 1. The molecule has 0 spiro atoms. The highest BCUT2D eigenvalue weighted by Crippen LogP contribution is 2.26. The summed E-state index contributed by atoms with van der Waals surface area (Å²) in [4.78, 5) is 2.13. The maximum Gasteiger partial charge on any atom is 0.243 e. The minimum atomic E-state index is -3.68. The van der Waals surface area contributed by atoms with Gasteiger partial charge in [0.2, 0.25) is 10.0 Å². The lowest BCUT2D eigenvalue weighted by Gasteiger charge is -2.36. The summed E-state index contributed by atoms with van der Waals surface area (Å²) in [7, 11) is -3.68. The average molecular weight is 387 g/mol. The summed E-state index contributed by atoms with van der Waals surface area (Å²) in [5.74, 6) is -0.453. The number of benzene rings is 2. The van der Waals surface area contributed by atoms with Gasteiger partial charge in [-0.1, -0.05) is 29.8 Å². The fourth-order valence-corrected chi connectivity index (χ4v) is 4.99. The van der Waals surface area contributed by atoms with Crippen molar-refractivity contribution < 1.29 is 12.8 Å². The third-order valence-electron chi connectivity index (χ3n) is 4.91. The van der Waals surface area contributed by atoms with E-state index in [-0.39, 0.29) is 4.90 Å². The summed E-state index contributed by atoms with van der Waals surface area (Å²) >= 11 is 0. The maximum atomic E-state index is 13.3. The van der Waals surface area contributed by atoms with Gasteiger partial charge in [-0.15, -0.1) is 0 Å². The smallest absolute Gasteiger partial charge is 0.243 e. The minimum absolute atomic E-state index is 0.132. The van der Waals surface area contributed by atoms with Gasteiger partial charge in [0.25, 0.3) is 0 Å². The third kappa shape index (κ3) is 4.03. The van der Waals surface area contributed by atoms with Crippen molar-refractivity contribution in [2.24, 2.45) is 0 Å². The Hall–Kier alpha value is -2.27. The van der Waals surface area contributed by atoms with Gasteiger partial charge >= 0.3 is 0 Å². The van der Waals surface area contributed by atoms with Gasteiger partial charge in [-0.3, -0.25) is 4.90 Å². The van der Waals surface area contributed by atoms with Crippen molar-refractivity contribution in [1.29, 1.82) is 5.26 Å². The van der Waals surface area contributed by atoms with Gasteiger partial charge in [0.1, 0.15) is 11.9 Å². The molecule has 1 aliphatic heterocycles. The number of piperazine rings is 1. The predicted octanol–water partition coefficient (Wildman–Crippen LogP) is 3.01. The van der Waals surface area contributed by atoms with Gasteiger partial charge in [0, 0.05) is 26.2 Å². The Morgan fingerprint density at radius 3 is 2.22 bits per heavy atom. The van der Waals surface area contributed by atoms with E-state index in [0.29, 0.717) is 31.7 Å². The summed E-state index contributed by atoms with van der Waals surface area (Å²) < 4.78 is 40.5. The Labute approximate surface area is 159 Å². The van der Waals surface area contributed by atoms with Crippen LogP contribution in [-0.2, 0) is 10.0 Å². The lowest BCUT2D eigenvalue weighted by molar-refractivity contribution is 0.162. The molecule has 0 aliphatic carbocycles. The van der Waals surface area contributed by atoms with E-state index in [0.717, 1.165) is 11.1 Å². The van der Waals surface area contributed by atoms with Crippen LogP contribution in [0.15, 0.2) is 47.4 Å². The van der Waals surface area contributed by atoms with Crippen molar-refractivity contribution in [3.63, 3.8) is 0 Å². The molecule has 1 atom stereocenters. The molecule has 1 saturated heterocycles. The van der Waals surface area contributed by atoms with Crippen molar-refractivity contribution in [3.8, 4) is 6.07 Å². The van der Waals surface area contributed by atoms with Crippen LogP contribution in [0.1, 0.15) is 22.7 Å². The van der Waals surface area contributed by atoms with E-state index in [2.05, 4.69) is 6.07 Å². The van der Waals surface area contributed by atoms with E-state index in [9.17, 15) is 18.1 Å². The summed E-state index contributed by atoms with van der Waals surface area (Å²) in [5.41, 5.74) is 2.43. The highest BCUT2D eigenvalue weighted by molar-refractivity contribution is 7.89. The molecule has 0 radical (unpaired) electrons. The summed E-state index contributed by atoms with van der Waals surface area (Å²) in [6.07, 6.45) is 0. The van der Waals surface area contributed by atoms with Gasteiger partial charge in [-0.25, -0.2) is 12.8 Å². The third-order valence-corrected chi connectivity index (χ3v) is 6.97. The normalized spacial score (nSPS) is 17.4. The second-order valence-corrected chi connectivity index (χ2v) is 8.70. The fourth-order valence-electron chi connectivity index (χ4n) is 3.36. The number of nitrogens with zero attached hydrogens (tertiary/aromatic N) is 3. The molecule has 1 aliphatic rings. The van der Waals surface area contributed by atoms with E-state index in [1.807, 2.05) is 36.1 Å². The van der Waals surface area contributed by atoms with Crippen LogP contribution in [0.4, 0.5) is 4.39 Å². The van der Waals surface area contributed by atoms with Gasteiger partial charge in [0.05, 0.1) is 11.0 Å². The summed E-state index contributed by atoms with van der Waals surface area (Å²) in [6.45, 7) is 5.10. The average Bonchev–Trinajstić information content (AvgIpc) is 2.64. The second-order valence-electron chi connectivity index (χ2n) is 6.79. The van der Waals surface area contributed by atoms with Crippen molar-refractivity contribution >= 4 is 10.0 Å². The van der Waals surface area contributed by atoms with Crippen molar-refractivity contribution in [2.75, 3.05) is 26.2 Å². The topological polar surface area (TPSA) is 64.4 Å². The second kappa shape index (κ2) is 7.77. The Kier molecular flexibility index (Phi) is 5.61. The molecule has 27 heavy (non-hydrogen) atoms. The zero-order valence-electron chi connectivity index (χ0n) is 15.4. The first-order chi connectivity index (χ1) is 12.8. The molecule has 0 aromatic heterocycles. The van der Waals surface area contributed by atoms with Crippen LogP contribution in [0.25, 0.3) is 0 Å². The van der Waals surface area contributed by atoms with Crippen LogP contribution in [0.2, 0.25) is 0 Å². The standard InChI is InChI=1S/C20H22FN3O2S/c1-15-3-5-17(6-4-15)19(14-22)23-9-11-24(12-10-23)27(25,26)20-8-7-18(21)13-16(20)2/h3-8,13,19H,9-12H2,1-2H3. The van der Waals surface area contributed by atoms with Gasteiger partial charge in [-0.05, 0) is 43.2 Å². The highest BCUT2D eigenvalue weighted by Gasteiger charge is 2.32. The van der Waals surface area contributed by atoms with Crippen molar-refractivity contribution in [2.45, 2.75) is 24.8 Å². The number of sulfonamides is 1. The van der Waals surface area contributed by atoms with Crippen LogP contribution in [0, 0.1) is 31.0 Å². The van der Waals surface area contributed by atoms with Crippen LogP contribution >= 0.6 is 0 Å². The monoisotopic (exact) mass is 387 g/mol. The lowest BCUT2D eigenvalue weighted by Crippen LogP contribution is -2.49. The molecular formula is C20H22FN3O2S. The quantitative estimate of drug-likeness (QED) is 0.809. The van der Waals surface area contributed by atoms with Gasteiger partial charge in [0.15, 0.2) is 0 Å². The molecule has 2 aromatic carbocycles. The van der Waals surface area contributed by atoms with E-state index in [1.54, 1.807) is 6.92 Å². The summed E-state index contributed by atoms with van der Waals surface area (Å²) in [6, 6.07) is 13.5. The lowest BCUT2D eigenvalue weighted by atomic mass is 10.0. The Balaban J connectivity index is 1.74. The van der Waals surface area contributed by atoms with E-state index in [1.165, 1.54) is 22.5 Å². The van der Waals surface area contributed by atoms with E-state index >= 15 is 0 Å². The molecule has 3 rings (SSSR count). The highest BCUT2D eigenvalue weighted by atomic mass is 32.2. The molecule has 0 amide bonds. The number of hydrogen-bond donors (Lipinski definition) is 0. The van der Waals surface area contributed by atoms with E-state index in [4.69, 9.17) is 0 Å². The number of hydrogen-bond acceptors (Lipinski definition) is 4. The minimum Gasteiger partial charge on any atom is -0.282 e. The van der Waals surface area contributed by atoms with Gasteiger partial charge in [-0.2, -0.15) is 9.57 Å². The maximum absolute atomic E-state index is 13.3. The van der Waals surface area contributed by atoms with Crippen LogP contribution in [-0.4, -0.2) is 43.8 Å². The van der Waals surface area contributed by atoms with Crippen LogP contribution in [0.3, 0.4) is 0 Å². The molecule has 1 heterocycles. The zero-order valence-corrected chi connectivity index (χ0v) is 16.2. The predicted molar refractivity (Wildman–Crippen MR) is 101 cm³/mol. The molecule has 142 valence electrons. The Bertz CT molecular complexity index is 960. The Morgan fingerprint density at radius 1 is 1.04 bits per heavy atom. The van der Waals surface area contributed by atoms with Crippen LogP contribution < -0.4 is 0 Å². The van der Waals surface area contributed by atoms with Crippen molar-refractivity contribution in [3.05, 3.63) is 65.0 Å². The molecule has 7 heteroatoms. The van der Waals surface area contributed by atoms with Gasteiger partial charge < -0.3 is 0 Å². The fraction of sp³-hybridized carbons (Fsp3) is 0.350. The molecule has 1 fully saturated rings.